The number of nitrogens with one attached hydrogen (secondary N) is 1. The number of nitrogens with zero attached hydrogens (tertiary/aromatic N) is 3. The quantitative estimate of drug-likeness (QED) is 0.243. The summed E-state index contributed by atoms with van der Waals surface area (Å²) >= 11 is 1.55. The first kappa shape index (κ1) is 40.3. The lowest BCUT2D eigenvalue weighted by Crippen LogP contribution is -2.69. The Labute approximate surface area is 353 Å². The van der Waals surface area contributed by atoms with Gasteiger partial charge in [-0.2, -0.15) is 5.26 Å². The molecular formula is C44H50N4O11S. The van der Waals surface area contributed by atoms with Crippen molar-refractivity contribution in [1.29, 1.82) is 5.26 Å². The molecule has 0 aliphatic carbocycles. The molecule has 16 heteroatoms. The molecule has 4 bridgehead atoms. The second-order valence-corrected chi connectivity index (χ2v) is 18.4. The van der Waals surface area contributed by atoms with E-state index in [1.54, 1.807) is 58.9 Å². The van der Waals surface area contributed by atoms with E-state index in [1.807, 2.05) is 20.9 Å². The van der Waals surface area contributed by atoms with Crippen molar-refractivity contribution in [3.63, 3.8) is 0 Å². The van der Waals surface area contributed by atoms with E-state index in [-0.39, 0.29) is 42.4 Å². The molecule has 7 aliphatic rings. The summed E-state index contributed by atoms with van der Waals surface area (Å²) in [5.74, 6) is 2.32. The number of carbonyl (C=O) groups is 2. The Hall–Kier alpha value is -5.08. The van der Waals surface area contributed by atoms with E-state index in [0.717, 1.165) is 38.9 Å². The summed E-state index contributed by atoms with van der Waals surface area (Å²) in [5.41, 5.74) is 4.20. The van der Waals surface area contributed by atoms with Crippen molar-refractivity contribution in [1.82, 2.24) is 15.1 Å². The van der Waals surface area contributed by atoms with Gasteiger partial charge in [-0.3, -0.25) is 15.1 Å². The number of esters is 1. The third-order valence-corrected chi connectivity index (χ3v) is 14.4. The average molecular weight is 843 g/mol. The van der Waals surface area contributed by atoms with Gasteiger partial charge in [0.2, 0.25) is 6.79 Å². The van der Waals surface area contributed by atoms with Gasteiger partial charge in [-0.05, 0) is 88.9 Å². The highest BCUT2D eigenvalue weighted by atomic mass is 32.2. The lowest BCUT2D eigenvalue weighted by atomic mass is 9.71. The van der Waals surface area contributed by atoms with Crippen LogP contribution in [0.3, 0.4) is 0 Å². The number of nitriles is 1. The van der Waals surface area contributed by atoms with Crippen molar-refractivity contribution in [3.05, 3.63) is 62.7 Å². The van der Waals surface area contributed by atoms with E-state index < -0.39 is 52.7 Å². The first-order valence-corrected chi connectivity index (χ1v) is 21.2. The summed E-state index contributed by atoms with van der Waals surface area (Å²) < 4.78 is 47.9. The number of piperazine rings is 1. The molecule has 0 amide bonds. The van der Waals surface area contributed by atoms with Gasteiger partial charge in [0, 0.05) is 46.6 Å². The predicted octanol–water partition coefficient (Wildman–Crippen LogP) is 5.68. The topological polar surface area (TPSA) is 171 Å². The number of aryl methyl sites for hydroxylation is 1. The highest BCUT2D eigenvalue weighted by Gasteiger charge is 2.61. The zero-order valence-corrected chi connectivity index (χ0v) is 36.0. The van der Waals surface area contributed by atoms with E-state index in [2.05, 4.69) is 27.3 Å². The summed E-state index contributed by atoms with van der Waals surface area (Å²) in [6.45, 7) is 9.42. The zero-order valence-electron chi connectivity index (χ0n) is 35.2. The van der Waals surface area contributed by atoms with Crippen LogP contribution >= 0.6 is 11.8 Å². The van der Waals surface area contributed by atoms with E-state index in [4.69, 9.17) is 37.9 Å². The van der Waals surface area contributed by atoms with Crippen LogP contribution in [0.1, 0.15) is 82.6 Å². The lowest BCUT2D eigenvalue weighted by molar-refractivity contribution is -0.157. The standard InChI is InChI=1S/C44H50N4O11S/c1-20-12-23-13-25-26(16-45)48-27-17-55-41(50)44(24-15-28(52-7)29(14-22(24)10-11-46-44)58-42(51)59-43(3,4)5)18-60-40(34(48)33(47(25)6)30(23)35(49)36(20)53-8)32-31(27)39-38(56-19-57-39)21(2)37(32)54-9/h12,14-15,25-27,33-34,40,46,49H,10-11,13,17-19H2,1-9H3/t25-,26+,27+,33-,34?,40-,44-/m1/s1. The molecule has 1 spiro atoms. The van der Waals surface area contributed by atoms with Crippen molar-refractivity contribution in [2.45, 2.75) is 94.1 Å². The van der Waals surface area contributed by atoms with E-state index >= 15 is 0 Å². The van der Waals surface area contributed by atoms with Crippen LogP contribution in [-0.4, -0.2) is 105 Å². The SMILES string of the molecule is COc1cc2c(cc1OC(=O)OC(C)(C)C)CCN[C@]21CS[C@@H]2c3c(OC)c(C)c4c(c3[C@H](COC1=O)N1C2[C@H]2c3c(cc(C)c(OC)c3O)C[C@H]([C@@H]1C#N)N2C)OCO4. The number of fused-ring (bicyclic) bond motifs is 9. The van der Waals surface area contributed by atoms with Gasteiger partial charge < -0.3 is 43.0 Å². The number of methoxy groups -OCH3 is 3. The van der Waals surface area contributed by atoms with Gasteiger partial charge in [0.15, 0.2) is 40.0 Å². The highest BCUT2D eigenvalue weighted by molar-refractivity contribution is 7.99. The van der Waals surface area contributed by atoms with Crippen LogP contribution in [0.5, 0.6) is 40.2 Å². The Morgan fingerprint density at radius 3 is 2.45 bits per heavy atom. The molecule has 0 saturated carbocycles. The number of phenols is 1. The highest BCUT2D eigenvalue weighted by Crippen LogP contribution is 2.64. The monoisotopic (exact) mass is 842 g/mol. The van der Waals surface area contributed by atoms with Crippen LogP contribution in [0.4, 0.5) is 4.79 Å². The van der Waals surface area contributed by atoms with Crippen LogP contribution in [0.2, 0.25) is 0 Å². The predicted molar refractivity (Wildman–Crippen MR) is 218 cm³/mol. The van der Waals surface area contributed by atoms with Crippen molar-refractivity contribution in [3.8, 4) is 46.3 Å². The van der Waals surface area contributed by atoms with Gasteiger partial charge in [-0.25, -0.2) is 9.59 Å². The van der Waals surface area contributed by atoms with Crippen LogP contribution in [0.15, 0.2) is 18.2 Å². The minimum absolute atomic E-state index is 0.00483. The van der Waals surface area contributed by atoms with Gasteiger partial charge in [0.25, 0.3) is 0 Å². The summed E-state index contributed by atoms with van der Waals surface area (Å²) in [6, 6.07) is 5.76. The fourth-order valence-corrected chi connectivity index (χ4v) is 12.3. The van der Waals surface area contributed by atoms with Crippen molar-refractivity contribution in [2.75, 3.05) is 54.1 Å². The van der Waals surface area contributed by atoms with Crippen LogP contribution < -0.4 is 33.7 Å². The molecule has 0 radical (unpaired) electrons. The molecule has 318 valence electrons. The molecule has 15 nitrogen and oxygen atoms in total. The third kappa shape index (κ3) is 5.87. The Morgan fingerprint density at radius 1 is 1.00 bits per heavy atom. The maximum absolute atomic E-state index is 15.0. The largest absolute Gasteiger partial charge is 0.514 e. The van der Waals surface area contributed by atoms with Gasteiger partial charge >= 0.3 is 12.1 Å². The number of thioether (sulfide) groups is 1. The molecule has 2 saturated heterocycles. The summed E-state index contributed by atoms with van der Waals surface area (Å²) in [6.07, 6.45) is 0.168. The number of rotatable bonds is 4. The molecule has 7 atom stereocenters. The third-order valence-electron chi connectivity index (χ3n) is 13.0. The van der Waals surface area contributed by atoms with E-state index in [1.165, 1.54) is 7.11 Å². The second kappa shape index (κ2) is 14.5. The van der Waals surface area contributed by atoms with Gasteiger partial charge in [0.05, 0.1) is 44.7 Å². The van der Waals surface area contributed by atoms with Crippen molar-refractivity contribution < 1.29 is 52.6 Å². The Bertz CT molecular complexity index is 2360. The first-order valence-electron chi connectivity index (χ1n) is 20.1. The number of ether oxygens (including phenoxy) is 8. The fourth-order valence-electron chi connectivity index (χ4n) is 10.6. The smallest absolute Gasteiger partial charge is 0.504 e. The van der Waals surface area contributed by atoms with E-state index in [0.29, 0.717) is 47.9 Å². The maximum atomic E-state index is 15.0. The first-order chi connectivity index (χ1) is 28.7. The van der Waals surface area contributed by atoms with Crippen LogP contribution in [0, 0.1) is 25.2 Å². The Balaban J connectivity index is 1.25. The molecule has 1 unspecified atom stereocenters. The Kier molecular flexibility index (Phi) is 9.77. The second-order valence-electron chi connectivity index (χ2n) is 17.2. The molecule has 3 aromatic rings. The van der Waals surface area contributed by atoms with Gasteiger partial charge in [-0.1, -0.05) is 6.07 Å². The van der Waals surface area contributed by atoms with Crippen molar-refractivity contribution >= 4 is 23.9 Å². The summed E-state index contributed by atoms with van der Waals surface area (Å²) in [7, 11) is 6.69. The number of likely N-dealkylation sites (N-methyl/N-ethyl adjacent to an activating group) is 1. The molecule has 2 N–H and O–H groups in total. The molecule has 10 rings (SSSR count). The minimum atomic E-state index is -1.37. The zero-order chi connectivity index (χ0) is 42.6. The van der Waals surface area contributed by atoms with Crippen LogP contribution in [-0.2, 0) is 32.6 Å². The number of benzene rings is 3. The summed E-state index contributed by atoms with van der Waals surface area (Å²) in [5, 5.41) is 26.4. The molecule has 7 aliphatic heterocycles. The van der Waals surface area contributed by atoms with Crippen LogP contribution in [0.25, 0.3) is 0 Å². The molecule has 7 heterocycles. The normalized spacial score (nSPS) is 27.7. The molecule has 0 aromatic heterocycles. The minimum Gasteiger partial charge on any atom is -0.504 e. The molecule has 3 aromatic carbocycles. The lowest BCUT2D eigenvalue weighted by Gasteiger charge is -2.62. The number of aromatic hydroxyl groups is 1. The van der Waals surface area contributed by atoms with Gasteiger partial charge in [-0.15, -0.1) is 11.8 Å². The maximum Gasteiger partial charge on any atom is 0.514 e. The Morgan fingerprint density at radius 2 is 1.75 bits per heavy atom. The fraction of sp³-hybridized carbons (Fsp3) is 0.523. The molecule has 60 heavy (non-hydrogen) atoms. The van der Waals surface area contributed by atoms with Gasteiger partial charge in [0.1, 0.15) is 24.0 Å². The average Bonchev–Trinajstić information content (AvgIpc) is 3.69. The van der Waals surface area contributed by atoms with Crippen molar-refractivity contribution in [2.24, 2.45) is 0 Å². The molecular weight excluding hydrogens is 793 g/mol. The molecule has 2 fully saturated rings. The van der Waals surface area contributed by atoms with E-state index in [9.17, 15) is 20.0 Å². The number of phenolic OH excluding ortho intramolecular Hbond substituents is 1. The number of hydrogen-bond acceptors (Lipinski definition) is 16. The number of hydrogen-bond donors (Lipinski definition) is 2. The number of carbonyl (C=O) groups excluding carboxylic acids is 2. The summed E-state index contributed by atoms with van der Waals surface area (Å²) in [4.78, 5) is 32.3.